The van der Waals surface area contributed by atoms with Gasteiger partial charge in [-0.1, -0.05) is 165 Å². The van der Waals surface area contributed by atoms with Crippen LogP contribution in [-0.2, 0) is 5.16 Å². The fourth-order valence-corrected chi connectivity index (χ4v) is 8.14. The zero-order valence-electron chi connectivity index (χ0n) is 24.8. The van der Waals surface area contributed by atoms with Crippen LogP contribution >= 0.6 is 0 Å². The molecule has 0 amide bonds. The highest BCUT2D eigenvalue weighted by Crippen LogP contribution is 2.33. The molecule has 6 aromatic rings. The maximum atomic E-state index is 4.41. The van der Waals surface area contributed by atoms with E-state index >= 15 is 0 Å². The summed E-state index contributed by atoms with van der Waals surface area (Å²) in [6, 6.07) is 52.1. The summed E-state index contributed by atoms with van der Waals surface area (Å²) in [4.78, 5) is 4.41. The van der Waals surface area contributed by atoms with E-state index in [4.69, 9.17) is 0 Å². The first kappa shape index (κ1) is 29.1. The minimum Gasteiger partial charge on any atom is -0.326 e. The van der Waals surface area contributed by atoms with Crippen LogP contribution < -0.4 is 5.19 Å². The van der Waals surface area contributed by atoms with Crippen molar-refractivity contribution in [2.24, 2.45) is 0 Å². The SMILES string of the molecule is BC(c1ccccc1)c1ccccc1.CC(C)c1cccc([SiH2]C(c2ccccc2)(c2ccccc2)n2ccnc2)c1. The molecule has 0 radical (unpaired) electrons. The van der Waals surface area contributed by atoms with Gasteiger partial charge in [0.2, 0.25) is 0 Å². The van der Waals surface area contributed by atoms with Gasteiger partial charge in [-0.05, 0) is 39.6 Å². The van der Waals surface area contributed by atoms with Gasteiger partial charge in [0.25, 0.3) is 0 Å². The lowest BCUT2D eigenvalue weighted by atomic mass is 9.76. The first-order valence-electron chi connectivity index (χ1n) is 14.9. The van der Waals surface area contributed by atoms with Crippen molar-refractivity contribution in [2.45, 2.75) is 30.7 Å². The Balaban J connectivity index is 0.000000211. The summed E-state index contributed by atoms with van der Waals surface area (Å²) in [5.41, 5.74) is 6.80. The standard InChI is InChI=1S/C25H26N2Si.C13H13B/c1-20(2)21-10-9-15-24(18-21)28-25(27-17-16-26-19-27,22-11-5-3-6-12-22)23-13-7-4-8-14-23;14-13(11-7-3-1-4-8-11)12-9-5-2-6-10-12/h3-20H,28H2,1-2H3;1-10,13H,14H2. The van der Waals surface area contributed by atoms with E-state index in [0.29, 0.717) is 11.7 Å². The Hall–Kier alpha value is -4.41. The van der Waals surface area contributed by atoms with E-state index in [2.05, 4.69) is 183 Å². The number of hydrogen-bond donors (Lipinski definition) is 0. The average Bonchev–Trinajstić information content (AvgIpc) is 3.61. The van der Waals surface area contributed by atoms with Crippen molar-refractivity contribution in [3.05, 3.63) is 192 Å². The van der Waals surface area contributed by atoms with Gasteiger partial charge in [-0.2, -0.15) is 0 Å². The third-order valence-corrected chi connectivity index (χ3v) is 10.7. The summed E-state index contributed by atoms with van der Waals surface area (Å²) in [6.45, 7) is 4.52. The molecule has 0 aliphatic carbocycles. The molecule has 42 heavy (non-hydrogen) atoms. The van der Waals surface area contributed by atoms with Gasteiger partial charge >= 0.3 is 0 Å². The number of rotatable bonds is 8. The van der Waals surface area contributed by atoms with Gasteiger partial charge in [-0.25, -0.2) is 4.98 Å². The van der Waals surface area contributed by atoms with Gasteiger partial charge in [-0.15, -0.1) is 0 Å². The molecule has 1 heterocycles. The maximum Gasteiger partial charge on any atom is 0.116 e. The lowest BCUT2D eigenvalue weighted by molar-refractivity contribution is 0.596. The summed E-state index contributed by atoms with van der Waals surface area (Å²) < 4.78 is 2.31. The fraction of sp³-hybridized carbons (Fsp3) is 0.132. The van der Waals surface area contributed by atoms with E-state index in [9.17, 15) is 0 Å². The Labute approximate surface area is 254 Å². The monoisotopic (exact) mass is 562 g/mol. The van der Waals surface area contributed by atoms with Crippen molar-refractivity contribution in [1.29, 1.82) is 0 Å². The summed E-state index contributed by atoms with van der Waals surface area (Å²) in [5, 5.41) is 1.25. The highest BCUT2D eigenvalue weighted by Gasteiger charge is 2.36. The Bertz CT molecular complexity index is 1540. The molecule has 5 aromatic carbocycles. The fourth-order valence-electron chi connectivity index (χ4n) is 5.71. The molecule has 208 valence electrons. The van der Waals surface area contributed by atoms with E-state index in [-0.39, 0.29) is 5.16 Å². The van der Waals surface area contributed by atoms with Gasteiger partial charge in [0, 0.05) is 12.4 Å². The van der Waals surface area contributed by atoms with E-state index in [1.807, 2.05) is 12.5 Å². The maximum absolute atomic E-state index is 4.41. The van der Waals surface area contributed by atoms with Crippen LogP contribution in [0.3, 0.4) is 0 Å². The number of hydrogen-bond acceptors (Lipinski definition) is 1. The van der Waals surface area contributed by atoms with Gasteiger partial charge in [0.1, 0.15) is 7.85 Å². The first-order chi connectivity index (χ1) is 20.6. The smallest absolute Gasteiger partial charge is 0.116 e. The molecule has 1 aromatic heterocycles. The normalized spacial score (nSPS) is 11.5. The van der Waals surface area contributed by atoms with Crippen molar-refractivity contribution in [1.82, 2.24) is 9.55 Å². The highest BCUT2D eigenvalue weighted by molar-refractivity contribution is 6.57. The molecule has 0 aliphatic heterocycles. The molecule has 0 saturated carbocycles. The predicted molar refractivity (Wildman–Crippen MR) is 183 cm³/mol. The molecular weight excluding hydrogens is 523 g/mol. The number of aromatic nitrogens is 2. The van der Waals surface area contributed by atoms with Crippen molar-refractivity contribution in [3.63, 3.8) is 0 Å². The van der Waals surface area contributed by atoms with Crippen LogP contribution in [0.1, 0.15) is 53.4 Å². The van der Waals surface area contributed by atoms with Crippen LogP contribution in [0.15, 0.2) is 164 Å². The highest BCUT2D eigenvalue weighted by atomic mass is 28.2. The minimum absolute atomic E-state index is 0.214. The quantitative estimate of drug-likeness (QED) is 0.190. The molecule has 4 heteroatoms. The average molecular weight is 563 g/mol. The topological polar surface area (TPSA) is 17.8 Å². The van der Waals surface area contributed by atoms with Crippen LogP contribution in [-0.4, -0.2) is 26.9 Å². The predicted octanol–water partition coefficient (Wildman–Crippen LogP) is 6.66. The van der Waals surface area contributed by atoms with Crippen LogP contribution in [0.5, 0.6) is 0 Å². The molecular formula is C38H39BN2Si. The summed E-state index contributed by atoms with van der Waals surface area (Å²) >= 11 is 0. The first-order valence-corrected chi connectivity index (χ1v) is 16.3. The Kier molecular flexibility index (Phi) is 9.68. The van der Waals surface area contributed by atoms with Crippen LogP contribution in [0, 0.1) is 0 Å². The summed E-state index contributed by atoms with van der Waals surface area (Å²) in [7, 11) is 1.44. The van der Waals surface area contributed by atoms with E-state index in [1.165, 1.54) is 33.0 Å². The zero-order chi connectivity index (χ0) is 29.2. The third-order valence-electron chi connectivity index (χ3n) is 8.12. The minimum atomic E-state index is -0.800. The summed E-state index contributed by atoms with van der Waals surface area (Å²) in [6.07, 6.45) is 5.97. The van der Waals surface area contributed by atoms with Crippen molar-refractivity contribution >= 4 is 22.6 Å². The van der Waals surface area contributed by atoms with Gasteiger partial charge in [-0.3, -0.25) is 0 Å². The Morgan fingerprint density at radius 2 is 1.10 bits per heavy atom. The van der Waals surface area contributed by atoms with Crippen molar-refractivity contribution in [3.8, 4) is 0 Å². The summed E-state index contributed by atoms with van der Waals surface area (Å²) in [5.74, 6) is 1.02. The molecule has 0 aliphatic rings. The second-order valence-corrected chi connectivity index (χ2v) is 13.4. The molecule has 0 saturated heterocycles. The lowest BCUT2D eigenvalue weighted by Crippen LogP contribution is -2.46. The third kappa shape index (κ3) is 6.72. The number of imidazole rings is 1. The number of nitrogens with zero attached hydrogens (tertiary/aromatic N) is 2. The molecule has 0 spiro atoms. The molecule has 0 fully saturated rings. The van der Waals surface area contributed by atoms with Crippen LogP contribution in [0.2, 0.25) is 0 Å². The molecule has 0 bridgehead atoms. The molecule has 6 rings (SSSR count). The Morgan fingerprint density at radius 1 is 0.619 bits per heavy atom. The van der Waals surface area contributed by atoms with Gasteiger partial charge in [0.15, 0.2) is 0 Å². The molecule has 0 atom stereocenters. The second-order valence-electron chi connectivity index (χ2n) is 11.2. The number of benzene rings is 5. The zero-order valence-corrected chi connectivity index (χ0v) is 26.3. The Morgan fingerprint density at radius 3 is 1.55 bits per heavy atom. The largest absolute Gasteiger partial charge is 0.326 e. The van der Waals surface area contributed by atoms with Crippen LogP contribution in [0.25, 0.3) is 0 Å². The second kappa shape index (κ2) is 14.0. The molecule has 0 unspecified atom stereocenters. The van der Waals surface area contributed by atoms with Crippen molar-refractivity contribution in [2.75, 3.05) is 0 Å². The van der Waals surface area contributed by atoms with Crippen molar-refractivity contribution < 1.29 is 0 Å². The van der Waals surface area contributed by atoms with E-state index in [1.54, 1.807) is 0 Å². The lowest BCUT2D eigenvalue weighted by Gasteiger charge is -2.37. The van der Waals surface area contributed by atoms with E-state index in [0.717, 1.165) is 0 Å². The van der Waals surface area contributed by atoms with Gasteiger partial charge < -0.3 is 4.57 Å². The van der Waals surface area contributed by atoms with E-state index < -0.39 is 9.52 Å². The molecule has 2 nitrogen and oxygen atoms in total. The molecule has 0 N–H and O–H groups in total. The van der Waals surface area contributed by atoms with Gasteiger partial charge in [0.05, 0.1) is 21.0 Å². The van der Waals surface area contributed by atoms with Crippen LogP contribution in [0.4, 0.5) is 0 Å².